The Labute approximate surface area is 400 Å². The van der Waals surface area contributed by atoms with E-state index in [9.17, 15) is 0 Å². The summed E-state index contributed by atoms with van der Waals surface area (Å²) >= 11 is 0. The molecule has 0 bridgehead atoms. The van der Waals surface area contributed by atoms with Crippen LogP contribution >= 0.6 is 0 Å². The molecule has 0 saturated heterocycles. The van der Waals surface area contributed by atoms with Crippen molar-refractivity contribution in [3.63, 3.8) is 0 Å². The Morgan fingerprint density at radius 1 is 0.636 bits per heavy atom. The Morgan fingerprint density at radius 3 is 1.65 bits per heavy atom. The van der Waals surface area contributed by atoms with Crippen LogP contribution in [0.4, 0.5) is 34.6 Å². The number of rotatable bonds is 14. The first-order valence-electron chi connectivity index (χ1n) is 22.0. The molecule has 2 aliphatic heterocycles. The van der Waals surface area contributed by atoms with Gasteiger partial charge in [-0.25, -0.2) is 35.5 Å². The van der Waals surface area contributed by atoms with Crippen molar-refractivity contribution in [3.05, 3.63) is 182 Å². The summed E-state index contributed by atoms with van der Waals surface area (Å²) in [6.45, 7) is 16.0. The fraction of sp³-hybridized carbons (Fsp3) is 0.255. The summed E-state index contributed by atoms with van der Waals surface area (Å²) in [6.07, 6.45) is 15.4. The first-order valence-corrected chi connectivity index (χ1v) is 22.0. The Hall–Kier alpha value is -6.83. The smallest absolute Gasteiger partial charge is 0.143 e. The summed E-state index contributed by atoms with van der Waals surface area (Å²) in [7, 11) is 1.87. The first-order chi connectivity index (χ1) is 31.8. The van der Waals surface area contributed by atoms with E-state index in [0.717, 1.165) is 71.8 Å². The quantitative estimate of drug-likeness (QED) is 0.0594. The molecule has 0 saturated carbocycles. The van der Waals surface area contributed by atoms with Crippen molar-refractivity contribution >= 4 is 34.6 Å². The molecule has 0 unspecified atom stereocenters. The van der Waals surface area contributed by atoms with E-state index in [1.165, 1.54) is 16.7 Å². The van der Waals surface area contributed by atoms with E-state index in [1.54, 1.807) is 38.8 Å². The minimum Gasteiger partial charge on any atom is -0.485 e. The number of aryl methyl sites for hydroxylation is 1. The molecular formula is C51H51IrN14-5. The van der Waals surface area contributed by atoms with Gasteiger partial charge in [-0.05, 0) is 48.9 Å². The molecule has 1 radical (unpaired) electrons. The van der Waals surface area contributed by atoms with Gasteiger partial charge in [0, 0.05) is 56.7 Å². The van der Waals surface area contributed by atoms with Crippen LogP contribution in [0.5, 0.6) is 0 Å². The summed E-state index contributed by atoms with van der Waals surface area (Å²) in [5, 5.41) is 12.8. The fourth-order valence-corrected chi connectivity index (χ4v) is 7.72. The van der Waals surface area contributed by atoms with Crippen LogP contribution < -0.4 is 24.3 Å². The van der Waals surface area contributed by atoms with E-state index in [4.69, 9.17) is 0 Å². The third-order valence-corrected chi connectivity index (χ3v) is 11.2. The summed E-state index contributed by atoms with van der Waals surface area (Å²) in [5.41, 5.74) is 8.24. The van der Waals surface area contributed by atoms with Crippen LogP contribution in [0.1, 0.15) is 74.6 Å². The van der Waals surface area contributed by atoms with Crippen LogP contribution in [-0.2, 0) is 40.2 Å². The Balaban J connectivity index is 0.000000196. The zero-order chi connectivity index (χ0) is 44.7. The molecule has 10 rings (SSSR count). The summed E-state index contributed by atoms with van der Waals surface area (Å²) < 4.78 is 5.22. The van der Waals surface area contributed by atoms with Crippen LogP contribution in [0.2, 0.25) is 0 Å². The molecule has 0 fully saturated rings. The van der Waals surface area contributed by atoms with Crippen LogP contribution in [0.15, 0.2) is 122 Å². The van der Waals surface area contributed by atoms with Crippen molar-refractivity contribution in [1.29, 1.82) is 0 Å². The Bertz CT molecular complexity index is 2700. The number of benzene rings is 4. The number of hydrogen-bond acceptors (Lipinski definition) is 11. The normalized spacial score (nSPS) is 12.9. The molecule has 0 atom stereocenters. The molecule has 66 heavy (non-hydrogen) atoms. The summed E-state index contributed by atoms with van der Waals surface area (Å²) in [4.78, 5) is 27.2. The molecule has 0 spiro atoms. The van der Waals surface area contributed by atoms with Crippen molar-refractivity contribution in [2.75, 3.05) is 32.7 Å². The maximum absolute atomic E-state index is 4.65. The zero-order valence-electron chi connectivity index (χ0n) is 37.7. The fourth-order valence-electron chi connectivity index (χ4n) is 7.72. The Morgan fingerprint density at radius 2 is 1.14 bits per heavy atom. The predicted octanol–water partition coefficient (Wildman–Crippen LogP) is 8.41. The third-order valence-electron chi connectivity index (χ3n) is 11.2. The van der Waals surface area contributed by atoms with E-state index in [2.05, 4.69) is 169 Å². The minimum absolute atomic E-state index is 0. The number of nitrogens with zero attached hydrogens (tertiary/aromatic N) is 14. The third kappa shape index (κ3) is 10.5. The van der Waals surface area contributed by atoms with Gasteiger partial charge < -0.3 is 24.3 Å². The second kappa shape index (κ2) is 21.0. The van der Waals surface area contributed by atoms with Crippen molar-refractivity contribution in [2.45, 2.75) is 65.5 Å². The molecule has 2 aliphatic rings. The number of aromatic nitrogens is 10. The van der Waals surface area contributed by atoms with E-state index in [0.29, 0.717) is 30.6 Å². The van der Waals surface area contributed by atoms with Crippen molar-refractivity contribution in [3.8, 4) is 11.4 Å². The largest absolute Gasteiger partial charge is 0.485 e. The molecular weight excluding hydrogens is 1000 g/mol. The maximum Gasteiger partial charge on any atom is 0.143 e. The van der Waals surface area contributed by atoms with Gasteiger partial charge in [0.1, 0.15) is 29.8 Å². The molecule has 4 aromatic heterocycles. The molecule has 0 amide bonds. The van der Waals surface area contributed by atoms with E-state index in [1.807, 2.05) is 55.6 Å². The second-order valence-electron chi connectivity index (χ2n) is 16.6. The molecule has 6 heterocycles. The number of fused-ring (bicyclic) bond motifs is 2. The van der Waals surface area contributed by atoms with E-state index in [-0.39, 0.29) is 20.1 Å². The molecule has 339 valence electrons. The van der Waals surface area contributed by atoms with Gasteiger partial charge in [0.05, 0.1) is 7.05 Å². The van der Waals surface area contributed by atoms with Crippen LogP contribution in [0.25, 0.3) is 11.4 Å². The zero-order valence-corrected chi connectivity index (χ0v) is 40.1. The predicted molar refractivity (Wildman–Crippen MR) is 251 cm³/mol. The standard InChI is InChI=1S/C32H34N8.C19H17N6.Ir/c1-23(2)25-9-7-11-27(19-25)39-21-37(29-31(39)35-15-13-33-29)17-5-6-18-38-22-40(32-30(38)34-14-16-36-32)28-12-8-10-26(20-28)24(3)4;1-23-19(15-25(22-23)13-17-10-6-3-7-11-17)18-14-24(21-20-18)12-16-8-4-2-5-9-16;/h7-10,13-16,19-24H,5-6,17-18H2,1-4H3;2-11H,12-13H2,1H3;/q-4;-1;. The van der Waals surface area contributed by atoms with Crippen LogP contribution in [0.3, 0.4) is 0 Å². The molecule has 8 aromatic rings. The average Bonchev–Trinajstić information content (AvgIpc) is 4.13. The van der Waals surface area contributed by atoms with Gasteiger partial charge in [-0.3, -0.25) is 5.10 Å². The molecule has 4 aromatic carbocycles. The van der Waals surface area contributed by atoms with Gasteiger partial charge in [0.2, 0.25) is 0 Å². The van der Waals surface area contributed by atoms with Gasteiger partial charge in [0.25, 0.3) is 0 Å². The monoisotopic (exact) mass is 1050 g/mol. The van der Waals surface area contributed by atoms with Crippen molar-refractivity contribution in [2.24, 2.45) is 7.05 Å². The van der Waals surface area contributed by atoms with Gasteiger partial charge in [0.15, 0.2) is 0 Å². The van der Waals surface area contributed by atoms with Crippen LogP contribution in [-0.4, -0.2) is 57.9 Å². The Kier molecular flexibility index (Phi) is 14.5. The van der Waals surface area contributed by atoms with Gasteiger partial charge in [-0.2, -0.15) is 53.2 Å². The summed E-state index contributed by atoms with van der Waals surface area (Å²) in [6, 6.07) is 39.6. The van der Waals surface area contributed by atoms with E-state index >= 15 is 0 Å². The van der Waals surface area contributed by atoms with Gasteiger partial charge >= 0.3 is 0 Å². The second-order valence-corrected chi connectivity index (χ2v) is 16.6. The molecule has 0 aliphatic carbocycles. The number of hydrogen-bond donors (Lipinski definition) is 0. The maximum atomic E-state index is 4.65. The minimum atomic E-state index is 0. The van der Waals surface area contributed by atoms with Gasteiger partial charge in [-0.15, -0.1) is 42.1 Å². The molecule has 15 heteroatoms. The average molecular weight is 1050 g/mol. The summed E-state index contributed by atoms with van der Waals surface area (Å²) in [5.74, 6) is 4.32. The number of anilines is 6. The molecule has 0 N–H and O–H groups in total. The van der Waals surface area contributed by atoms with Crippen molar-refractivity contribution < 1.29 is 24.8 Å². The van der Waals surface area contributed by atoms with Gasteiger partial charge in [-0.1, -0.05) is 100 Å². The van der Waals surface area contributed by atoms with Crippen molar-refractivity contribution in [1.82, 2.24) is 44.8 Å². The number of unbranched alkanes of at least 4 members (excludes halogenated alkanes) is 1. The molecule has 14 nitrogen and oxygen atoms in total. The SMILES string of the molecule is CC(C)c1cc[c-]c(N2[CH-]N(CCCCN3[CH-]N(c4[c-]ccc(C(C)C)c4)c4nccnc43)c3nccnc32)c1.Cn1n[n+](Cc2ccccc2)[c-]c1-c1[c-]n(Cc2ccccc2)nn1.[Ir]. The van der Waals surface area contributed by atoms with Crippen LogP contribution in [0, 0.1) is 37.9 Å². The van der Waals surface area contributed by atoms with E-state index < -0.39 is 0 Å². The first kappa shape index (κ1) is 45.7. The topological polar surface area (TPSA) is 117 Å².